The molecule has 1 saturated heterocycles. The topological polar surface area (TPSA) is 142 Å². The fraction of sp³-hybridized carbons (Fsp3) is 0.600. The van der Waals surface area contributed by atoms with Crippen molar-refractivity contribution in [2.45, 2.75) is 39.2 Å². The lowest BCUT2D eigenvalue weighted by Crippen LogP contribution is -2.26. The van der Waals surface area contributed by atoms with Gasteiger partial charge in [0.2, 0.25) is 11.9 Å². The number of aliphatic hydroxyl groups excluding tert-OH is 2. The fourth-order valence-corrected chi connectivity index (χ4v) is 2.74. The Morgan fingerprint density at radius 2 is 2.24 bits per heavy atom. The van der Waals surface area contributed by atoms with Crippen molar-refractivity contribution in [2.24, 2.45) is 11.8 Å². The average Bonchev–Trinajstić information content (AvgIpc) is 3.10. The Labute approximate surface area is 142 Å². The molecular weight excluding hydrogens is 330 g/mol. The minimum atomic E-state index is -0.899. The molecule has 1 aliphatic rings. The van der Waals surface area contributed by atoms with Crippen LogP contribution in [-0.4, -0.2) is 54.5 Å². The summed E-state index contributed by atoms with van der Waals surface area (Å²) < 4.78 is 7.11. The highest BCUT2D eigenvalue weighted by Gasteiger charge is 2.42. The molecule has 4 N–H and O–H groups in total. The molecule has 136 valence electrons. The lowest BCUT2D eigenvalue weighted by Gasteiger charge is -2.17. The number of hydrogen-bond acceptors (Lipinski definition) is 7. The van der Waals surface area contributed by atoms with Gasteiger partial charge in [-0.3, -0.25) is 24.5 Å². The summed E-state index contributed by atoms with van der Waals surface area (Å²) in [7, 11) is 0. The van der Waals surface area contributed by atoms with E-state index in [1.54, 1.807) is 20.8 Å². The van der Waals surface area contributed by atoms with Crippen molar-refractivity contribution in [2.75, 3.05) is 11.9 Å². The van der Waals surface area contributed by atoms with E-state index in [0.717, 1.165) is 0 Å². The van der Waals surface area contributed by atoms with Gasteiger partial charge in [0.1, 0.15) is 6.10 Å². The zero-order valence-electron chi connectivity index (χ0n) is 14.1. The van der Waals surface area contributed by atoms with Crippen LogP contribution in [0.15, 0.2) is 11.1 Å². The molecule has 10 nitrogen and oxygen atoms in total. The van der Waals surface area contributed by atoms with Crippen molar-refractivity contribution in [3.05, 3.63) is 16.7 Å². The Hall–Kier alpha value is -2.30. The van der Waals surface area contributed by atoms with Crippen LogP contribution in [0, 0.1) is 11.8 Å². The minimum Gasteiger partial charge on any atom is -0.394 e. The van der Waals surface area contributed by atoms with Crippen molar-refractivity contribution in [3.63, 3.8) is 0 Å². The van der Waals surface area contributed by atoms with E-state index in [1.165, 1.54) is 10.9 Å². The summed E-state index contributed by atoms with van der Waals surface area (Å²) >= 11 is 0. The number of amides is 1. The van der Waals surface area contributed by atoms with E-state index >= 15 is 0 Å². The maximum Gasteiger partial charge on any atom is 0.280 e. The first-order valence-electron chi connectivity index (χ1n) is 8.05. The summed E-state index contributed by atoms with van der Waals surface area (Å²) in [6.07, 6.45) is -0.912. The first-order valence-corrected chi connectivity index (χ1v) is 8.05. The highest BCUT2D eigenvalue weighted by molar-refractivity contribution is 5.91. The fourth-order valence-electron chi connectivity index (χ4n) is 2.74. The smallest absolute Gasteiger partial charge is 0.280 e. The zero-order valence-corrected chi connectivity index (χ0v) is 14.1. The largest absolute Gasteiger partial charge is 0.394 e. The number of aromatic nitrogens is 4. The summed E-state index contributed by atoms with van der Waals surface area (Å²) in [5.74, 6) is -0.872. The van der Waals surface area contributed by atoms with Gasteiger partial charge in [0.15, 0.2) is 17.4 Å². The number of anilines is 1. The number of rotatable bonds is 4. The standard InChI is InChI=1S/C15H21N5O5/c1-6(2)12(23)18-15-17-11-9(13(24)19-15)16-5-20(11)14-10(22)7(3)8(4-21)25-14/h5-8,10,14,21-22H,4H2,1-3H3,(H2,17,18,19,23,24)/t7-,8+,10+,14+/m0/s1. The van der Waals surface area contributed by atoms with E-state index in [-0.39, 0.29) is 41.5 Å². The molecular formula is C15H21N5O5. The van der Waals surface area contributed by atoms with Gasteiger partial charge in [-0.1, -0.05) is 20.8 Å². The van der Waals surface area contributed by atoms with Crippen LogP contribution in [0.2, 0.25) is 0 Å². The van der Waals surface area contributed by atoms with Gasteiger partial charge in [0.05, 0.1) is 19.0 Å². The molecule has 2 aromatic rings. The van der Waals surface area contributed by atoms with Crippen molar-refractivity contribution in [1.82, 2.24) is 19.5 Å². The number of aliphatic hydroxyl groups is 2. The molecule has 0 radical (unpaired) electrons. The SMILES string of the molecule is CC(C)C(=O)Nc1nc2c(ncn2[C@@H]2O[C@H](CO)[C@H](C)[C@H]2O)c(=O)[nH]1. The quantitative estimate of drug-likeness (QED) is 0.587. The number of ether oxygens (including phenoxy) is 1. The Bertz CT molecular complexity index is 844. The number of imidazole rings is 1. The highest BCUT2D eigenvalue weighted by Crippen LogP contribution is 2.34. The maximum absolute atomic E-state index is 12.2. The zero-order chi connectivity index (χ0) is 18.3. The van der Waals surface area contributed by atoms with Crippen LogP contribution in [0.25, 0.3) is 11.2 Å². The molecule has 25 heavy (non-hydrogen) atoms. The van der Waals surface area contributed by atoms with E-state index in [2.05, 4.69) is 20.3 Å². The van der Waals surface area contributed by atoms with Gasteiger partial charge >= 0.3 is 0 Å². The van der Waals surface area contributed by atoms with Crippen molar-refractivity contribution in [1.29, 1.82) is 0 Å². The van der Waals surface area contributed by atoms with Crippen LogP contribution in [0.5, 0.6) is 0 Å². The molecule has 1 amide bonds. The summed E-state index contributed by atoms with van der Waals surface area (Å²) in [5, 5.41) is 22.3. The third kappa shape index (κ3) is 3.03. The van der Waals surface area contributed by atoms with Gasteiger partial charge in [-0.05, 0) is 0 Å². The van der Waals surface area contributed by atoms with Crippen molar-refractivity contribution < 1.29 is 19.7 Å². The maximum atomic E-state index is 12.2. The van der Waals surface area contributed by atoms with E-state index in [1.807, 2.05) is 0 Å². The van der Waals surface area contributed by atoms with E-state index in [4.69, 9.17) is 4.74 Å². The van der Waals surface area contributed by atoms with Gasteiger partial charge in [0, 0.05) is 11.8 Å². The Morgan fingerprint density at radius 1 is 1.52 bits per heavy atom. The predicted octanol–water partition coefficient (Wildman–Crippen LogP) is -0.399. The normalized spacial score (nSPS) is 26.5. The van der Waals surface area contributed by atoms with E-state index in [9.17, 15) is 19.8 Å². The second-order valence-corrected chi connectivity index (χ2v) is 6.48. The molecule has 10 heteroatoms. The number of nitrogens with zero attached hydrogens (tertiary/aromatic N) is 3. The van der Waals surface area contributed by atoms with Crippen molar-refractivity contribution >= 4 is 23.0 Å². The number of aromatic amines is 1. The molecule has 0 bridgehead atoms. The lowest BCUT2D eigenvalue weighted by molar-refractivity contribution is -0.118. The molecule has 3 heterocycles. The van der Waals surface area contributed by atoms with Crippen LogP contribution in [0.1, 0.15) is 27.0 Å². The second-order valence-electron chi connectivity index (χ2n) is 6.48. The van der Waals surface area contributed by atoms with Crippen LogP contribution >= 0.6 is 0 Å². The minimum absolute atomic E-state index is 0.00260. The Kier molecular flexibility index (Phi) is 4.58. The number of H-pyrrole nitrogens is 1. The van der Waals surface area contributed by atoms with Gasteiger partial charge in [0.25, 0.3) is 5.56 Å². The number of fused-ring (bicyclic) bond motifs is 1. The second kappa shape index (κ2) is 6.54. The van der Waals surface area contributed by atoms with Crippen LogP contribution in [-0.2, 0) is 9.53 Å². The third-order valence-corrected chi connectivity index (χ3v) is 4.38. The van der Waals surface area contributed by atoms with Crippen molar-refractivity contribution in [3.8, 4) is 0 Å². The van der Waals surface area contributed by atoms with Gasteiger partial charge in [-0.25, -0.2) is 4.98 Å². The third-order valence-electron chi connectivity index (χ3n) is 4.38. The average molecular weight is 351 g/mol. The van der Waals surface area contributed by atoms with Crippen LogP contribution in [0.4, 0.5) is 5.95 Å². The van der Waals surface area contributed by atoms with Crippen LogP contribution in [0.3, 0.4) is 0 Å². The summed E-state index contributed by atoms with van der Waals surface area (Å²) in [6.45, 7) is 4.97. The van der Waals surface area contributed by atoms with Gasteiger partial charge in [-0.2, -0.15) is 4.98 Å². The van der Waals surface area contributed by atoms with E-state index in [0.29, 0.717) is 0 Å². The molecule has 4 atom stereocenters. The van der Waals surface area contributed by atoms with Gasteiger partial charge in [-0.15, -0.1) is 0 Å². The molecule has 0 aromatic carbocycles. The molecule has 0 spiro atoms. The molecule has 0 unspecified atom stereocenters. The monoisotopic (exact) mass is 351 g/mol. The number of hydrogen-bond donors (Lipinski definition) is 4. The number of carbonyl (C=O) groups is 1. The number of nitrogens with one attached hydrogen (secondary N) is 2. The lowest BCUT2D eigenvalue weighted by atomic mass is 10.0. The predicted molar refractivity (Wildman–Crippen MR) is 87.8 cm³/mol. The first-order chi connectivity index (χ1) is 11.8. The first kappa shape index (κ1) is 17.5. The highest BCUT2D eigenvalue weighted by atomic mass is 16.5. The summed E-state index contributed by atoms with van der Waals surface area (Å²) in [5.41, 5.74) is -0.266. The molecule has 0 aliphatic carbocycles. The molecule has 0 saturated carbocycles. The Balaban J connectivity index is 2.01. The summed E-state index contributed by atoms with van der Waals surface area (Å²) in [6, 6.07) is 0. The molecule has 3 rings (SSSR count). The summed E-state index contributed by atoms with van der Waals surface area (Å²) in [4.78, 5) is 34.7. The number of carbonyl (C=O) groups excluding carboxylic acids is 1. The Morgan fingerprint density at radius 3 is 2.84 bits per heavy atom. The van der Waals surface area contributed by atoms with E-state index < -0.39 is 24.0 Å². The van der Waals surface area contributed by atoms with Crippen LogP contribution < -0.4 is 10.9 Å². The molecule has 1 aliphatic heterocycles. The molecule has 2 aromatic heterocycles. The van der Waals surface area contributed by atoms with Gasteiger partial charge < -0.3 is 14.9 Å². The molecule has 1 fully saturated rings.